The number of esters is 1. The van der Waals surface area contributed by atoms with Crippen molar-refractivity contribution in [2.24, 2.45) is 5.41 Å². The van der Waals surface area contributed by atoms with E-state index in [4.69, 9.17) is 9.47 Å². The molecule has 0 bridgehead atoms. The fraction of sp³-hybridized carbons (Fsp3) is 0.933. The summed E-state index contributed by atoms with van der Waals surface area (Å²) in [7, 11) is 1.75. The van der Waals surface area contributed by atoms with E-state index < -0.39 is 6.29 Å². The highest BCUT2D eigenvalue weighted by Gasteiger charge is 2.33. The minimum absolute atomic E-state index is 0.208. The fourth-order valence-corrected chi connectivity index (χ4v) is 2.11. The van der Waals surface area contributed by atoms with E-state index in [1.54, 1.807) is 14.0 Å². The van der Waals surface area contributed by atoms with Gasteiger partial charge >= 0.3 is 5.97 Å². The smallest absolute Gasteiger partial charge is 0.325 e. The molecule has 0 spiro atoms. The first-order valence-corrected chi connectivity index (χ1v) is 7.38. The van der Waals surface area contributed by atoms with Gasteiger partial charge in [-0.1, -0.05) is 40.0 Å². The quantitative estimate of drug-likeness (QED) is 0.617. The van der Waals surface area contributed by atoms with Crippen molar-refractivity contribution in [2.75, 3.05) is 7.05 Å². The van der Waals surface area contributed by atoms with E-state index in [9.17, 15) is 4.79 Å². The van der Waals surface area contributed by atoms with Crippen LogP contribution in [0.3, 0.4) is 0 Å². The predicted molar refractivity (Wildman–Crippen MR) is 75.8 cm³/mol. The van der Waals surface area contributed by atoms with Crippen LogP contribution in [0.25, 0.3) is 0 Å². The van der Waals surface area contributed by atoms with E-state index in [0.717, 1.165) is 12.8 Å². The number of hydrogen-bond acceptors (Lipinski definition) is 4. The first kappa shape index (κ1) is 16.4. The summed E-state index contributed by atoms with van der Waals surface area (Å²) in [6.07, 6.45) is 5.62. The fourth-order valence-electron chi connectivity index (χ4n) is 2.11. The Morgan fingerprint density at radius 2 is 1.79 bits per heavy atom. The monoisotopic (exact) mass is 271 g/mol. The van der Waals surface area contributed by atoms with Gasteiger partial charge in [0.2, 0.25) is 6.29 Å². The van der Waals surface area contributed by atoms with Crippen molar-refractivity contribution in [1.82, 2.24) is 5.32 Å². The number of hydrogen-bond donors (Lipinski definition) is 1. The van der Waals surface area contributed by atoms with Crippen LogP contribution in [0.5, 0.6) is 0 Å². The second kappa shape index (κ2) is 7.25. The molecule has 2 atom stereocenters. The highest BCUT2D eigenvalue weighted by Crippen LogP contribution is 2.29. The van der Waals surface area contributed by atoms with Crippen LogP contribution in [0.4, 0.5) is 0 Å². The Morgan fingerprint density at radius 3 is 2.26 bits per heavy atom. The number of rotatable bonds is 5. The third-order valence-corrected chi connectivity index (χ3v) is 3.59. The van der Waals surface area contributed by atoms with Gasteiger partial charge in [0.15, 0.2) is 0 Å². The van der Waals surface area contributed by atoms with Crippen LogP contribution in [0.15, 0.2) is 0 Å². The van der Waals surface area contributed by atoms with E-state index in [-0.39, 0.29) is 23.5 Å². The molecule has 4 nitrogen and oxygen atoms in total. The molecular weight excluding hydrogens is 242 g/mol. The molecule has 2 unspecified atom stereocenters. The van der Waals surface area contributed by atoms with Gasteiger partial charge in [0, 0.05) is 5.41 Å². The van der Waals surface area contributed by atoms with Crippen LogP contribution in [-0.2, 0) is 14.3 Å². The molecule has 4 heteroatoms. The summed E-state index contributed by atoms with van der Waals surface area (Å²) in [5.41, 5.74) is -0.208. The summed E-state index contributed by atoms with van der Waals surface area (Å²) < 4.78 is 11.6. The molecule has 0 aliphatic heterocycles. The van der Waals surface area contributed by atoms with E-state index in [2.05, 4.69) is 5.32 Å². The zero-order chi connectivity index (χ0) is 14.5. The van der Waals surface area contributed by atoms with Gasteiger partial charge in [-0.2, -0.15) is 0 Å². The average Bonchev–Trinajstić information content (AvgIpc) is 2.37. The average molecular weight is 271 g/mol. The van der Waals surface area contributed by atoms with Crippen molar-refractivity contribution in [3.8, 4) is 0 Å². The molecule has 0 aromatic carbocycles. The van der Waals surface area contributed by atoms with Gasteiger partial charge in [0.05, 0.1) is 6.10 Å². The molecule has 0 aromatic rings. The lowest BCUT2D eigenvalue weighted by Crippen LogP contribution is -2.42. The van der Waals surface area contributed by atoms with Gasteiger partial charge in [0.25, 0.3) is 0 Å². The number of ether oxygens (including phenoxy) is 2. The predicted octanol–water partition coefficient (Wildman–Crippen LogP) is 2.86. The summed E-state index contributed by atoms with van der Waals surface area (Å²) in [4.78, 5) is 11.9. The molecule has 1 fully saturated rings. The van der Waals surface area contributed by atoms with Gasteiger partial charge in [-0.3, -0.25) is 4.79 Å². The molecule has 1 rings (SSSR count). The van der Waals surface area contributed by atoms with Crippen LogP contribution in [-0.4, -0.2) is 31.5 Å². The summed E-state index contributed by atoms with van der Waals surface area (Å²) >= 11 is 0. The summed E-state index contributed by atoms with van der Waals surface area (Å²) in [6.45, 7) is 7.91. The van der Waals surface area contributed by atoms with Crippen molar-refractivity contribution in [3.63, 3.8) is 0 Å². The maximum Gasteiger partial charge on any atom is 0.325 e. The van der Waals surface area contributed by atoms with Crippen molar-refractivity contribution < 1.29 is 14.3 Å². The van der Waals surface area contributed by atoms with E-state index in [0.29, 0.717) is 0 Å². The largest absolute Gasteiger partial charge is 0.434 e. The third-order valence-electron chi connectivity index (χ3n) is 3.59. The van der Waals surface area contributed by atoms with Gasteiger partial charge in [-0.25, -0.2) is 0 Å². The Hall–Kier alpha value is -0.610. The molecule has 0 saturated heterocycles. The Morgan fingerprint density at radius 1 is 1.21 bits per heavy atom. The molecule has 0 aromatic heterocycles. The van der Waals surface area contributed by atoms with Crippen molar-refractivity contribution in [3.05, 3.63) is 0 Å². The summed E-state index contributed by atoms with van der Waals surface area (Å²) in [5, 5.41) is 2.90. The molecule has 112 valence electrons. The molecule has 1 aliphatic rings. The standard InChI is InChI=1S/C15H29NO3/c1-11(16-5)13(17)19-14(15(2,3)4)18-12-9-7-6-8-10-12/h11-12,14,16H,6-10H2,1-5H3. The second-order valence-electron chi connectivity index (χ2n) is 6.54. The molecule has 1 saturated carbocycles. The molecular formula is C15H29NO3. The van der Waals surface area contributed by atoms with Crippen LogP contribution in [0.2, 0.25) is 0 Å². The zero-order valence-corrected chi connectivity index (χ0v) is 13.0. The Bertz CT molecular complexity index is 280. The lowest BCUT2D eigenvalue weighted by molar-refractivity contribution is -0.223. The highest BCUT2D eigenvalue weighted by atomic mass is 16.7. The van der Waals surface area contributed by atoms with Gasteiger partial charge in [0.1, 0.15) is 6.04 Å². The first-order chi connectivity index (χ1) is 8.84. The number of likely N-dealkylation sites (N-methyl/N-ethyl adjacent to an activating group) is 1. The van der Waals surface area contributed by atoms with E-state index in [1.807, 2.05) is 20.8 Å². The van der Waals surface area contributed by atoms with Crippen molar-refractivity contribution >= 4 is 5.97 Å². The van der Waals surface area contributed by atoms with Crippen molar-refractivity contribution in [1.29, 1.82) is 0 Å². The zero-order valence-electron chi connectivity index (χ0n) is 13.0. The summed E-state index contributed by atoms with van der Waals surface area (Å²) in [6, 6.07) is -0.306. The van der Waals surface area contributed by atoms with Gasteiger partial charge in [-0.15, -0.1) is 0 Å². The van der Waals surface area contributed by atoms with E-state index >= 15 is 0 Å². The first-order valence-electron chi connectivity index (χ1n) is 7.38. The molecule has 0 heterocycles. The Balaban J connectivity index is 2.59. The normalized spacial score (nSPS) is 20.9. The molecule has 19 heavy (non-hydrogen) atoms. The lowest BCUT2D eigenvalue weighted by Gasteiger charge is -2.35. The molecule has 1 N–H and O–H groups in total. The third kappa shape index (κ3) is 5.49. The summed E-state index contributed by atoms with van der Waals surface area (Å²) in [5.74, 6) is -0.252. The van der Waals surface area contributed by atoms with Crippen molar-refractivity contribution in [2.45, 2.75) is 78.2 Å². The van der Waals surface area contributed by atoms with Crippen LogP contribution < -0.4 is 5.32 Å². The molecule has 0 radical (unpaired) electrons. The molecule has 0 amide bonds. The molecule has 1 aliphatic carbocycles. The van der Waals surface area contributed by atoms with Crippen LogP contribution in [0.1, 0.15) is 59.8 Å². The van der Waals surface area contributed by atoms with E-state index in [1.165, 1.54) is 19.3 Å². The minimum Gasteiger partial charge on any atom is -0.434 e. The Labute approximate surface area is 117 Å². The SMILES string of the molecule is CNC(C)C(=O)OC(OC1CCCCC1)C(C)(C)C. The maximum absolute atomic E-state index is 11.9. The Kier molecular flexibility index (Phi) is 6.27. The van der Waals surface area contributed by atoms with Gasteiger partial charge < -0.3 is 14.8 Å². The van der Waals surface area contributed by atoms with Crippen LogP contribution >= 0.6 is 0 Å². The van der Waals surface area contributed by atoms with Crippen LogP contribution in [0, 0.1) is 5.41 Å². The number of nitrogens with one attached hydrogen (secondary N) is 1. The van der Waals surface area contributed by atoms with Gasteiger partial charge in [-0.05, 0) is 26.8 Å². The minimum atomic E-state index is -0.473. The lowest BCUT2D eigenvalue weighted by atomic mass is 9.94. The highest BCUT2D eigenvalue weighted by molar-refractivity contribution is 5.75. The topological polar surface area (TPSA) is 47.6 Å². The number of carbonyl (C=O) groups is 1. The number of carbonyl (C=O) groups excluding carboxylic acids is 1. The maximum atomic E-state index is 11.9. The second-order valence-corrected chi connectivity index (χ2v) is 6.54.